The van der Waals surface area contributed by atoms with Crippen molar-refractivity contribution in [3.63, 3.8) is 0 Å². The number of hydrazone groups is 1. The minimum atomic E-state index is -1.52. The molecular formula is C20H18N6O7. The molecule has 13 nitrogen and oxygen atoms in total. The summed E-state index contributed by atoms with van der Waals surface area (Å²) in [6.45, 7) is 1.35. The van der Waals surface area contributed by atoms with E-state index in [0.29, 0.717) is 5.69 Å². The number of non-ortho nitro benzene ring substituents is 1. The number of rotatable bonds is 6. The second kappa shape index (κ2) is 9.65. The van der Waals surface area contributed by atoms with Crippen LogP contribution in [-0.4, -0.2) is 44.8 Å². The fourth-order valence-electron chi connectivity index (χ4n) is 2.87. The summed E-state index contributed by atoms with van der Waals surface area (Å²) in [5, 5.41) is 28.3. The van der Waals surface area contributed by atoms with E-state index >= 15 is 0 Å². The average molecular weight is 454 g/mol. The van der Waals surface area contributed by atoms with Crippen molar-refractivity contribution in [3.05, 3.63) is 74.2 Å². The van der Waals surface area contributed by atoms with Gasteiger partial charge in [0.1, 0.15) is 11.8 Å². The zero-order chi connectivity index (χ0) is 24.1. The Morgan fingerprint density at radius 2 is 1.94 bits per heavy atom. The van der Waals surface area contributed by atoms with E-state index in [0.717, 1.165) is 13.2 Å². The van der Waals surface area contributed by atoms with Crippen LogP contribution in [0.4, 0.5) is 16.2 Å². The normalized spacial score (nSPS) is 12.2. The standard InChI is InChI=1S/C20H18N6O7/c1-10(27)21-12-5-3-11(4-6-12)18(28)16(24-25-20(30)33-2)17-19(29)23-15-9-13(26(31)32)7-8-14(15)22-17/h3-9,18,28H,1-2H3,(H,21,27)(H,23,29)(H,25,30)/b24-16+. The molecule has 3 rings (SSSR count). The predicted octanol–water partition coefficient (Wildman–Crippen LogP) is 1.58. The van der Waals surface area contributed by atoms with Crippen molar-refractivity contribution in [1.82, 2.24) is 15.4 Å². The summed E-state index contributed by atoms with van der Waals surface area (Å²) in [7, 11) is 1.11. The van der Waals surface area contributed by atoms with Crippen molar-refractivity contribution in [2.24, 2.45) is 5.10 Å². The zero-order valence-electron chi connectivity index (χ0n) is 17.4. The van der Waals surface area contributed by atoms with Crippen LogP contribution >= 0.6 is 0 Å². The van der Waals surface area contributed by atoms with Crippen molar-refractivity contribution < 1.29 is 24.4 Å². The number of methoxy groups -OCH3 is 1. The number of carbonyl (C=O) groups is 2. The summed E-state index contributed by atoms with van der Waals surface area (Å²) in [5.41, 5.74) is 1.41. The lowest BCUT2D eigenvalue weighted by atomic mass is 10.0. The van der Waals surface area contributed by atoms with Crippen LogP contribution in [0.15, 0.2) is 52.4 Å². The largest absolute Gasteiger partial charge is 0.452 e. The lowest BCUT2D eigenvalue weighted by Gasteiger charge is -2.14. The molecule has 1 unspecified atom stereocenters. The van der Waals surface area contributed by atoms with E-state index < -0.39 is 22.7 Å². The molecule has 13 heteroatoms. The Morgan fingerprint density at radius 3 is 2.55 bits per heavy atom. The van der Waals surface area contributed by atoms with Gasteiger partial charge in [-0.05, 0) is 23.8 Å². The molecule has 3 aromatic rings. The van der Waals surface area contributed by atoms with Crippen molar-refractivity contribution in [1.29, 1.82) is 0 Å². The number of aliphatic hydroxyl groups is 1. The highest BCUT2D eigenvalue weighted by Gasteiger charge is 2.23. The summed E-state index contributed by atoms with van der Waals surface area (Å²) in [5.74, 6) is -0.278. The lowest BCUT2D eigenvalue weighted by molar-refractivity contribution is -0.384. The summed E-state index contributed by atoms with van der Waals surface area (Å²) < 4.78 is 4.46. The Bertz CT molecular complexity index is 1320. The molecule has 2 aromatic carbocycles. The van der Waals surface area contributed by atoms with Crippen LogP contribution in [-0.2, 0) is 9.53 Å². The van der Waals surface area contributed by atoms with Gasteiger partial charge in [-0.1, -0.05) is 12.1 Å². The number of aromatic nitrogens is 2. The minimum Gasteiger partial charge on any atom is -0.452 e. The first-order chi connectivity index (χ1) is 15.7. The third kappa shape index (κ3) is 5.34. The zero-order valence-corrected chi connectivity index (χ0v) is 17.4. The summed E-state index contributed by atoms with van der Waals surface area (Å²) in [6.07, 6.45) is -2.47. The Kier molecular flexibility index (Phi) is 6.74. The second-order valence-electron chi connectivity index (χ2n) is 6.68. The number of ether oxygens (including phenoxy) is 1. The Balaban J connectivity index is 2.07. The third-order valence-corrected chi connectivity index (χ3v) is 4.39. The van der Waals surface area contributed by atoms with Gasteiger partial charge in [0.05, 0.1) is 23.1 Å². The molecule has 170 valence electrons. The molecule has 0 aliphatic rings. The molecule has 0 aliphatic carbocycles. The highest BCUT2D eigenvalue weighted by molar-refractivity contribution is 6.03. The summed E-state index contributed by atoms with van der Waals surface area (Å²) in [6, 6.07) is 9.72. The fraction of sp³-hybridized carbons (Fsp3) is 0.150. The Morgan fingerprint density at radius 1 is 1.24 bits per heavy atom. The number of fused-ring (bicyclic) bond motifs is 1. The van der Waals surface area contributed by atoms with E-state index in [4.69, 9.17) is 0 Å². The highest BCUT2D eigenvalue weighted by Crippen LogP contribution is 2.21. The van der Waals surface area contributed by atoms with Gasteiger partial charge in [-0.25, -0.2) is 15.2 Å². The maximum absolute atomic E-state index is 12.7. The number of anilines is 1. The van der Waals surface area contributed by atoms with Gasteiger partial charge in [0, 0.05) is 24.7 Å². The second-order valence-corrected chi connectivity index (χ2v) is 6.68. The van der Waals surface area contributed by atoms with Crippen LogP contribution in [0.3, 0.4) is 0 Å². The van der Waals surface area contributed by atoms with Crippen molar-refractivity contribution >= 4 is 40.1 Å². The topological polar surface area (TPSA) is 189 Å². The number of carbonyl (C=O) groups excluding carboxylic acids is 2. The maximum Gasteiger partial charge on any atom is 0.427 e. The first kappa shape index (κ1) is 23.0. The van der Waals surface area contributed by atoms with Gasteiger partial charge in [-0.2, -0.15) is 5.10 Å². The van der Waals surface area contributed by atoms with E-state index in [1.807, 2.05) is 5.43 Å². The van der Waals surface area contributed by atoms with Gasteiger partial charge in [0.25, 0.3) is 11.2 Å². The number of nitro groups is 1. The number of hydrogen-bond donors (Lipinski definition) is 4. The Hall–Kier alpha value is -4.65. The van der Waals surface area contributed by atoms with Gasteiger partial charge in [-0.15, -0.1) is 0 Å². The minimum absolute atomic E-state index is 0.104. The van der Waals surface area contributed by atoms with E-state index in [-0.39, 0.29) is 39.6 Å². The van der Waals surface area contributed by atoms with E-state index in [2.05, 4.69) is 25.1 Å². The molecule has 0 spiro atoms. The third-order valence-electron chi connectivity index (χ3n) is 4.39. The SMILES string of the molecule is COC(=O)N/N=C(\c1nc2ccc([N+](=O)[O-])cc2[nH]c1=O)C(O)c1ccc(NC(C)=O)cc1. The van der Waals surface area contributed by atoms with Gasteiger partial charge < -0.3 is 20.1 Å². The number of nitrogens with zero attached hydrogens (tertiary/aromatic N) is 3. The molecule has 0 radical (unpaired) electrons. The number of benzene rings is 2. The summed E-state index contributed by atoms with van der Waals surface area (Å²) >= 11 is 0. The van der Waals surface area contributed by atoms with Crippen LogP contribution < -0.4 is 16.3 Å². The quantitative estimate of drug-likeness (QED) is 0.245. The molecule has 0 aliphatic heterocycles. The molecule has 0 bridgehead atoms. The van der Waals surface area contributed by atoms with Gasteiger partial charge in [-0.3, -0.25) is 19.7 Å². The van der Waals surface area contributed by atoms with Crippen LogP contribution in [0.2, 0.25) is 0 Å². The molecule has 1 heterocycles. The molecule has 0 saturated heterocycles. The molecule has 2 amide bonds. The highest BCUT2D eigenvalue weighted by atomic mass is 16.6. The van der Waals surface area contributed by atoms with E-state index in [1.54, 1.807) is 0 Å². The molecule has 0 fully saturated rings. The first-order valence-corrected chi connectivity index (χ1v) is 9.35. The number of H-pyrrole nitrogens is 1. The fourth-order valence-corrected chi connectivity index (χ4v) is 2.87. The number of hydrogen-bond acceptors (Lipinski definition) is 9. The number of nitro benzene ring substituents is 1. The van der Waals surface area contributed by atoms with Crippen LogP contribution in [0, 0.1) is 10.1 Å². The van der Waals surface area contributed by atoms with Gasteiger partial charge >= 0.3 is 6.09 Å². The van der Waals surface area contributed by atoms with Crippen molar-refractivity contribution in [3.8, 4) is 0 Å². The number of aromatic amines is 1. The molecule has 4 N–H and O–H groups in total. The smallest absolute Gasteiger partial charge is 0.427 e. The monoisotopic (exact) mass is 454 g/mol. The van der Waals surface area contributed by atoms with Gasteiger partial charge in [0.15, 0.2) is 5.69 Å². The molecule has 33 heavy (non-hydrogen) atoms. The molecular weight excluding hydrogens is 436 g/mol. The molecule has 1 atom stereocenters. The van der Waals surface area contributed by atoms with E-state index in [9.17, 15) is 29.6 Å². The molecule has 0 saturated carbocycles. The predicted molar refractivity (Wildman–Crippen MR) is 117 cm³/mol. The lowest BCUT2D eigenvalue weighted by Crippen LogP contribution is -2.29. The van der Waals surface area contributed by atoms with Crippen LogP contribution in [0.1, 0.15) is 24.3 Å². The number of nitrogens with one attached hydrogen (secondary N) is 3. The van der Waals surface area contributed by atoms with Crippen molar-refractivity contribution in [2.75, 3.05) is 12.4 Å². The average Bonchev–Trinajstić information content (AvgIpc) is 2.78. The van der Waals surface area contributed by atoms with Gasteiger partial charge in [0.2, 0.25) is 5.91 Å². The number of aliphatic hydroxyl groups excluding tert-OH is 1. The number of amides is 2. The van der Waals surface area contributed by atoms with Crippen LogP contribution in [0.25, 0.3) is 11.0 Å². The van der Waals surface area contributed by atoms with Crippen LogP contribution in [0.5, 0.6) is 0 Å². The Labute approximate surface area is 185 Å². The van der Waals surface area contributed by atoms with E-state index in [1.165, 1.54) is 43.3 Å². The van der Waals surface area contributed by atoms with Crippen molar-refractivity contribution in [2.45, 2.75) is 13.0 Å². The first-order valence-electron chi connectivity index (χ1n) is 9.35. The summed E-state index contributed by atoms with van der Waals surface area (Å²) in [4.78, 5) is 52.4. The molecule has 1 aromatic heterocycles. The maximum atomic E-state index is 12.7.